The number of fused-ring (bicyclic) bond motifs is 1. The fourth-order valence-corrected chi connectivity index (χ4v) is 2.45. The standard InChI is InChI=1S/C14H13N3O3/c18-14-13-7-12(17(19)20)2-1-11(13)9-16(14)8-10-3-5-15-6-4-10/h1-7,14,18H,8-9H2. The highest BCUT2D eigenvalue weighted by Gasteiger charge is 2.29. The van der Waals surface area contributed by atoms with E-state index in [1.54, 1.807) is 18.5 Å². The van der Waals surface area contributed by atoms with E-state index in [2.05, 4.69) is 4.98 Å². The Morgan fingerprint density at radius 3 is 2.80 bits per heavy atom. The maximum Gasteiger partial charge on any atom is 0.269 e. The third-order valence-corrected chi connectivity index (χ3v) is 3.47. The lowest BCUT2D eigenvalue weighted by atomic mass is 10.1. The van der Waals surface area contributed by atoms with Crippen molar-refractivity contribution in [1.29, 1.82) is 0 Å². The van der Waals surface area contributed by atoms with Gasteiger partial charge in [0.25, 0.3) is 5.69 Å². The van der Waals surface area contributed by atoms with E-state index in [0.717, 1.165) is 11.1 Å². The third kappa shape index (κ3) is 2.26. The molecule has 102 valence electrons. The van der Waals surface area contributed by atoms with Crippen LogP contribution < -0.4 is 0 Å². The van der Waals surface area contributed by atoms with Gasteiger partial charge in [0.1, 0.15) is 6.23 Å². The number of nitro groups is 1. The molecule has 0 amide bonds. The van der Waals surface area contributed by atoms with E-state index in [4.69, 9.17) is 0 Å². The first kappa shape index (κ1) is 12.7. The fraction of sp³-hybridized carbons (Fsp3) is 0.214. The lowest BCUT2D eigenvalue weighted by Crippen LogP contribution is -2.21. The minimum Gasteiger partial charge on any atom is -0.374 e. The Bertz CT molecular complexity index is 645. The molecule has 2 heterocycles. The van der Waals surface area contributed by atoms with E-state index in [-0.39, 0.29) is 5.69 Å². The first-order chi connectivity index (χ1) is 9.65. The molecule has 1 aliphatic rings. The van der Waals surface area contributed by atoms with Crippen molar-refractivity contribution >= 4 is 5.69 Å². The molecule has 0 bridgehead atoms. The van der Waals surface area contributed by atoms with Crippen molar-refractivity contribution in [2.75, 3.05) is 0 Å². The summed E-state index contributed by atoms with van der Waals surface area (Å²) in [4.78, 5) is 16.2. The van der Waals surface area contributed by atoms with Gasteiger partial charge in [-0.3, -0.25) is 20.0 Å². The predicted octanol–water partition coefficient (Wildman–Crippen LogP) is 2.00. The lowest BCUT2D eigenvalue weighted by molar-refractivity contribution is -0.385. The van der Waals surface area contributed by atoms with Crippen molar-refractivity contribution in [1.82, 2.24) is 9.88 Å². The Morgan fingerprint density at radius 2 is 2.10 bits per heavy atom. The molecule has 6 nitrogen and oxygen atoms in total. The average Bonchev–Trinajstić information content (AvgIpc) is 2.76. The van der Waals surface area contributed by atoms with E-state index in [0.29, 0.717) is 18.7 Å². The summed E-state index contributed by atoms with van der Waals surface area (Å²) < 4.78 is 0. The highest BCUT2D eigenvalue weighted by Crippen LogP contribution is 2.34. The zero-order valence-corrected chi connectivity index (χ0v) is 10.6. The number of non-ortho nitro benzene ring substituents is 1. The molecule has 0 radical (unpaired) electrons. The maximum atomic E-state index is 10.8. The van der Waals surface area contributed by atoms with Gasteiger partial charge in [-0.05, 0) is 23.3 Å². The Labute approximate surface area is 115 Å². The van der Waals surface area contributed by atoms with Gasteiger partial charge in [0.05, 0.1) is 4.92 Å². The quantitative estimate of drug-likeness (QED) is 0.682. The molecular formula is C14H13N3O3. The van der Waals surface area contributed by atoms with Crippen LogP contribution in [0.5, 0.6) is 0 Å². The van der Waals surface area contributed by atoms with Gasteiger partial charge in [-0.1, -0.05) is 6.07 Å². The van der Waals surface area contributed by atoms with E-state index in [9.17, 15) is 15.2 Å². The number of pyridine rings is 1. The van der Waals surface area contributed by atoms with E-state index in [1.165, 1.54) is 12.1 Å². The van der Waals surface area contributed by atoms with Crippen LogP contribution in [0.1, 0.15) is 22.9 Å². The molecule has 1 aliphatic heterocycles. The van der Waals surface area contributed by atoms with Gasteiger partial charge in [0.15, 0.2) is 0 Å². The second kappa shape index (κ2) is 4.99. The molecule has 0 spiro atoms. The van der Waals surface area contributed by atoms with Gasteiger partial charge in [0.2, 0.25) is 0 Å². The second-order valence-electron chi connectivity index (χ2n) is 4.77. The van der Waals surface area contributed by atoms with Crippen molar-refractivity contribution in [2.24, 2.45) is 0 Å². The summed E-state index contributed by atoms with van der Waals surface area (Å²) in [6.07, 6.45) is 2.60. The zero-order chi connectivity index (χ0) is 14.1. The van der Waals surface area contributed by atoms with Gasteiger partial charge in [-0.2, -0.15) is 0 Å². The lowest BCUT2D eigenvalue weighted by Gasteiger charge is -2.20. The summed E-state index contributed by atoms with van der Waals surface area (Å²) in [5, 5.41) is 21.1. The Morgan fingerprint density at radius 1 is 1.35 bits per heavy atom. The molecule has 20 heavy (non-hydrogen) atoms. The van der Waals surface area contributed by atoms with Crippen LogP contribution >= 0.6 is 0 Å². The molecule has 1 aromatic heterocycles. The smallest absolute Gasteiger partial charge is 0.269 e. The Balaban J connectivity index is 1.83. The van der Waals surface area contributed by atoms with Gasteiger partial charge >= 0.3 is 0 Å². The molecular weight excluding hydrogens is 258 g/mol. The van der Waals surface area contributed by atoms with Crippen molar-refractivity contribution < 1.29 is 10.0 Å². The predicted molar refractivity (Wildman–Crippen MR) is 71.5 cm³/mol. The van der Waals surface area contributed by atoms with Gasteiger partial charge in [-0.25, -0.2) is 0 Å². The largest absolute Gasteiger partial charge is 0.374 e. The molecule has 1 N–H and O–H groups in total. The summed E-state index contributed by atoms with van der Waals surface area (Å²) in [5.41, 5.74) is 2.60. The molecule has 0 fully saturated rings. The summed E-state index contributed by atoms with van der Waals surface area (Å²) in [5.74, 6) is 0. The number of aromatic nitrogens is 1. The molecule has 3 rings (SSSR count). The average molecular weight is 271 g/mol. The van der Waals surface area contributed by atoms with E-state index >= 15 is 0 Å². The monoisotopic (exact) mass is 271 g/mol. The number of rotatable bonds is 3. The molecule has 0 saturated heterocycles. The van der Waals surface area contributed by atoms with Crippen molar-refractivity contribution in [2.45, 2.75) is 19.3 Å². The number of hydrogen-bond acceptors (Lipinski definition) is 5. The molecule has 2 aromatic rings. The van der Waals surface area contributed by atoms with Crippen LogP contribution in [0.2, 0.25) is 0 Å². The first-order valence-corrected chi connectivity index (χ1v) is 6.23. The van der Waals surface area contributed by atoms with Crippen LogP contribution in [0.25, 0.3) is 0 Å². The second-order valence-corrected chi connectivity index (χ2v) is 4.77. The topological polar surface area (TPSA) is 79.5 Å². The normalized spacial score (nSPS) is 17.9. The number of nitro benzene ring substituents is 1. The van der Waals surface area contributed by atoms with Gasteiger partial charge in [-0.15, -0.1) is 0 Å². The molecule has 1 atom stereocenters. The minimum atomic E-state index is -0.807. The number of hydrogen-bond donors (Lipinski definition) is 1. The summed E-state index contributed by atoms with van der Waals surface area (Å²) >= 11 is 0. The van der Waals surface area contributed by atoms with Crippen LogP contribution in [-0.4, -0.2) is 19.9 Å². The third-order valence-electron chi connectivity index (χ3n) is 3.47. The summed E-state index contributed by atoms with van der Waals surface area (Å²) in [7, 11) is 0. The van der Waals surface area contributed by atoms with Crippen molar-refractivity contribution in [3.8, 4) is 0 Å². The minimum absolute atomic E-state index is 0.00793. The molecule has 0 saturated carbocycles. The van der Waals surface area contributed by atoms with Crippen LogP contribution in [0.4, 0.5) is 5.69 Å². The highest BCUT2D eigenvalue weighted by molar-refractivity contribution is 5.43. The molecule has 0 aliphatic carbocycles. The highest BCUT2D eigenvalue weighted by atomic mass is 16.6. The van der Waals surface area contributed by atoms with Crippen LogP contribution in [0.15, 0.2) is 42.7 Å². The SMILES string of the molecule is O=[N+]([O-])c1ccc2c(c1)C(O)N(Cc1ccncc1)C2. The maximum absolute atomic E-state index is 10.8. The molecule has 6 heteroatoms. The van der Waals surface area contributed by atoms with E-state index in [1.807, 2.05) is 17.0 Å². The zero-order valence-electron chi connectivity index (χ0n) is 10.6. The number of nitrogens with zero attached hydrogens (tertiary/aromatic N) is 3. The number of aliphatic hydroxyl groups excluding tert-OH is 1. The summed E-state index contributed by atoms with van der Waals surface area (Å²) in [6, 6.07) is 8.41. The summed E-state index contributed by atoms with van der Waals surface area (Å²) in [6.45, 7) is 1.16. The van der Waals surface area contributed by atoms with Gasteiger partial charge < -0.3 is 5.11 Å². The van der Waals surface area contributed by atoms with Crippen LogP contribution in [-0.2, 0) is 13.1 Å². The molecule has 1 aromatic carbocycles. The van der Waals surface area contributed by atoms with E-state index < -0.39 is 11.2 Å². The number of benzene rings is 1. The van der Waals surface area contributed by atoms with Crippen LogP contribution in [0, 0.1) is 10.1 Å². The van der Waals surface area contributed by atoms with Gasteiger partial charge in [0, 0.05) is 43.2 Å². The van der Waals surface area contributed by atoms with Crippen LogP contribution in [0.3, 0.4) is 0 Å². The van der Waals surface area contributed by atoms with Crippen molar-refractivity contribution in [3.05, 3.63) is 69.5 Å². The number of aliphatic hydroxyl groups is 1. The Kier molecular flexibility index (Phi) is 3.17. The first-order valence-electron chi connectivity index (χ1n) is 6.23. The fourth-order valence-electron chi connectivity index (χ4n) is 2.45. The Hall–Kier alpha value is -2.31. The molecule has 1 unspecified atom stereocenters. The van der Waals surface area contributed by atoms with Crippen molar-refractivity contribution in [3.63, 3.8) is 0 Å².